The number of hydrogen-bond donors (Lipinski definition) is 0. The highest BCUT2D eigenvalue weighted by Gasteiger charge is 2.19. The van der Waals surface area contributed by atoms with Gasteiger partial charge in [0.1, 0.15) is 0 Å². The van der Waals surface area contributed by atoms with Gasteiger partial charge in [0, 0.05) is 14.1 Å². The predicted octanol–water partition coefficient (Wildman–Crippen LogP) is 3.54. The first-order valence-electron chi connectivity index (χ1n) is 6.44. The lowest BCUT2D eigenvalue weighted by molar-refractivity contribution is -0.127. The number of aromatic nitrogens is 2. The van der Waals surface area contributed by atoms with Gasteiger partial charge in [0.05, 0.1) is 10.9 Å². The molecule has 2 aromatic rings. The van der Waals surface area contributed by atoms with Gasteiger partial charge in [-0.1, -0.05) is 41.3 Å². The highest BCUT2D eigenvalue weighted by molar-refractivity contribution is 8.02. The first-order chi connectivity index (χ1) is 9.90. The molecule has 1 aromatic carbocycles. The van der Waals surface area contributed by atoms with E-state index in [9.17, 15) is 4.79 Å². The summed E-state index contributed by atoms with van der Waals surface area (Å²) in [6.45, 7) is 3.91. The fourth-order valence-electron chi connectivity index (χ4n) is 1.83. The topological polar surface area (TPSA) is 38.1 Å². The van der Waals surface area contributed by atoms with Crippen molar-refractivity contribution < 1.29 is 4.79 Å². The number of benzene rings is 1. The van der Waals surface area contributed by atoms with Crippen LogP contribution in [0.1, 0.15) is 12.5 Å². The van der Waals surface area contributed by atoms with E-state index < -0.39 is 0 Å². The Morgan fingerprint density at radius 2 is 2.10 bits per heavy atom. The average Bonchev–Trinajstić information content (AvgIpc) is 2.78. The largest absolute Gasteiger partial charge is 0.348 e. The van der Waals surface area contributed by atoms with Crippen LogP contribution < -0.4 is 0 Å². The Morgan fingerprint density at radius 3 is 2.71 bits per heavy atom. The second kappa shape index (κ2) is 6.72. The molecule has 0 unspecified atom stereocenters. The third-order valence-electron chi connectivity index (χ3n) is 2.94. The average molecular weight is 340 g/mol. The molecule has 112 valence electrons. The van der Waals surface area contributed by atoms with E-state index in [1.807, 2.05) is 38.1 Å². The van der Waals surface area contributed by atoms with Crippen molar-refractivity contribution in [2.75, 3.05) is 14.1 Å². The lowest BCUT2D eigenvalue weighted by Crippen LogP contribution is -2.29. The Bertz CT molecular complexity index is 705. The van der Waals surface area contributed by atoms with Crippen LogP contribution >= 0.6 is 35.3 Å². The predicted molar refractivity (Wildman–Crippen MR) is 91.0 cm³/mol. The summed E-state index contributed by atoms with van der Waals surface area (Å²) in [6.07, 6.45) is 0. The fraction of sp³-hybridized carbons (Fsp3) is 0.357. The quantitative estimate of drug-likeness (QED) is 0.631. The summed E-state index contributed by atoms with van der Waals surface area (Å²) in [7, 11) is 3.51. The third-order valence-corrected chi connectivity index (χ3v) is 5.34. The summed E-state index contributed by atoms with van der Waals surface area (Å²) >= 11 is 8.27. The van der Waals surface area contributed by atoms with Crippen LogP contribution in [0.3, 0.4) is 0 Å². The van der Waals surface area contributed by atoms with Crippen molar-refractivity contribution in [2.24, 2.45) is 0 Å². The lowest BCUT2D eigenvalue weighted by Gasteiger charge is -2.14. The minimum atomic E-state index is -0.175. The van der Waals surface area contributed by atoms with E-state index in [4.69, 9.17) is 12.2 Å². The molecule has 7 heteroatoms. The second-order valence-electron chi connectivity index (χ2n) is 4.82. The number of para-hydroxylation sites is 1. The molecular formula is C14H17N3OS3. The summed E-state index contributed by atoms with van der Waals surface area (Å²) in [4.78, 5) is 13.5. The van der Waals surface area contributed by atoms with Crippen molar-refractivity contribution in [2.45, 2.75) is 23.4 Å². The van der Waals surface area contributed by atoms with Crippen LogP contribution in [0.4, 0.5) is 0 Å². The highest BCUT2D eigenvalue weighted by atomic mass is 32.2. The number of nitrogens with zero attached hydrogens (tertiary/aromatic N) is 3. The molecule has 0 N–H and O–H groups in total. The fourth-order valence-corrected chi connectivity index (χ4v) is 4.46. The molecule has 0 aliphatic rings. The van der Waals surface area contributed by atoms with Gasteiger partial charge in [0.25, 0.3) is 0 Å². The first kappa shape index (κ1) is 16.2. The van der Waals surface area contributed by atoms with E-state index in [0.29, 0.717) is 3.95 Å². The van der Waals surface area contributed by atoms with E-state index in [-0.39, 0.29) is 11.2 Å². The molecule has 2 rings (SSSR count). The molecule has 0 bridgehead atoms. The molecule has 1 aromatic heterocycles. The molecule has 0 saturated carbocycles. The number of thioether (sulfide) groups is 1. The van der Waals surface area contributed by atoms with Gasteiger partial charge in [0.2, 0.25) is 5.91 Å². The third kappa shape index (κ3) is 3.72. The van der Waals surface area contributed by atoms with E-state index in [1.165, 1.54) is 23.1 Å². The van der Waals surface area contributed by atoms with Gasteiger partial charge < -0.3 is 4.90 Å². The molecule has 0 aliphatic heterocycles. The number of carbonyl (C=O) groups excluding carboxylic acids is 1. The zero-order valence-corrected chi connectivity index (χ0v) is 14.8. The highest BCUT2D eigenvalue weighted by Crippen LogP contribution is 2.28. The molecule has 0 radical (unpaired) electrons. The monoisotopic (exact) mass is 339 g/mol. The summed E-state index contributed by atoms with van der Waals surface area (Å²) in [5.41, 5.74) is 2.10. The van der Waals surface area contributed by atoms with Crippen LogP contribution in [0.25, 0.3) is 5.69 Å². The zero-order chi connectivity index (χ0) is 15.6. The molecule has 0 saturated heterocycles. The number of amides is 1. The molecule has 0 aliphatic carbocycles. The van der Waals surface area contributed by atoms with Crippen LogP contribution in [0.5, 0.6) is 0 Å². The van der Waals surface area contributed by atoms with Gasteiger partial charge in [-0.25, -0.2) is 4.68 Å². The lowest BCUT2D eigenvalue weighted by atomic mass is 10.2. The second-order valence-corrected chi connectivity index (χ2v) is 8.04. The summed E-state index contributed by atoms with van der Waals surface area (Å²) < 4.78 is 3.27. The summed E-state index contributed by atoms with van der Waals surface area (Å²) in [5, 5.41) is 4.37. The maximum absolute atomic E-state index is 11.9. The minimum absolute atomic E-state index is 0.0727. The normalized spacial score (nSPS) is 12.2. The van der Waals surface area contributed by atoms with Gasteiger partial charge in [-0.15, -0.1) is 5.10 Å². The molecule has 1 heterocycles. The van der Waals surface area contributed by atoms with E-state index >= 15 is 0 Å². The maximum atomic E-state index is 11.9. The van der Waals surface area contributed by atoms with Crippen molar-refractivity contribution in [3.63, 3.8) is 0 Å². The van der Waals surface area contributed by atoms with Crippen molar-refractivity contribution in [1.82, 2.24) is 14.7 Å². The molecule has 1 atom stereocenters. The molecule has 0 fully saturated rings. The van der Waals surface area contributed by atoms with Crippen LogP contribution in [0.2, 0.25) is 0 Å². The van der Waals surface area contributed by atoms with Gasteiger partial charge in [-0.3, -0.25) is 4.79 Å². The van der Waals surface area contributed by atoms with Gasteiger partial charge in [-0.2, -0.15) is 0 Å². The molecule has 4 nitrogen and oxygen atoms in total. The molecular weight excluding hydrogens is 322 g/mol. The Hall–Kier alpha value is -1.18. The van der Waals surface area contributed by atoms with Gasteiger partial charge >= 0.3 is 0 Å². The SMILES string of the molecule is Cc1ccccc1-n1nc(S[C@H](C)C(=O)N(C)C)sc1=S. The van der Waals surface area contributed by atoms with Crippen LogP contribution in [-0.4, -0.2) is 39.9 Å². The Morgan fingerprint density at radius 1 is 1.43 bits per heavy atom. The maximum Gasteiger partial charge on any atom is 0.235 e. The van der Waals surface area contributed by atoms with Gasteiger partial charge in [-0.05, 0) is 37.7 Å². The van der Waals surface area contributed by atoms with Crippen molar-refractivity contribution in [3.05, 3.63) is 33.8 Å². The van der Waals surface area contributed by atoms with Crippen LogP contribution in [0, 0.1) is 10.9 Å². The van der Waals surface area contributed by atoms with E-state index in [0.717, 1.165) is 15.6 Å². The molecule has 21 heavy (non-hydrogen) atoms. The Kier molecular flexibility index (Phi) is 5.18. The molecule has 0 spiro atoms. The Labute approximate surface area is 137 Å². The van der Waals surface area contributed by atoms with Crippen LogP contribution in [0.15, 0.2) is 28.6 Å². The van der Waals surface area contributed by atoms with Crippen molar-refractivity contribution in [1.29, 1.82) is 0 Å². The standard InChI is InChI=1S/C14H17N3OS3/c1-9-7-5-6-8-11(9)17-14(19)21-13(15-17)20-10(2)12(18)16(3)4/h5-8,10H,1-4H3/t10-/m1/s1. The van der Waals surface area contributed by atoms with E-state index in [1.54, 1.807) is 23.7 Å². The summed E-state index contributed by atoms with van der Waals surface area (Å²) in [6, 6.07) is 7.98. The van der Waals surface area contributed by atoms with Gasteiger partial charge in [0.15, 0.2) is 8.29 Å². The molecule has 1 amide bonds. The van der Waals surface area contributed by atoms with E-state index in [2.05, 4.69) is 5.10 Å². The van der Waals surface area contributed by atoms with Crippen molar-refractivity contribution >= 4 is 41.2 Å². The summed E-state index contributed by atoms with van der Waals surface area (Å²) in [5.74, 6) is 0.0727. The first-order valence-corrected chi connectivity index (χ1v) is 8.54. The number of aryl methyl sites for hydroxylation is 1. The number of carbonyl (C=O) groups is 1. The zero-order valence-electron chi connectivity index (χ0n) is 12.4. The number of hydrogen-bond acceptors (Lipinski definition) is 5. The van der Waals surface area contributed by atoms with Crippen LogP contribution in [-0.2, 0) is 4.79 Å². The van der Waals surface area contributed by atoms with Crippen molar-refractivity contribution in [3.8, 4) is 5.69 Å². The minimum Gasteiger partial charge on any atom is -0.348 e. The Balaban J connectivity index is 2.27. The smallest absolute Gasteiger partial charge is 0.235 e. The number of rotatable bonds is 4.